The molecule has 0 aliphatic heterocycles. The smallest absolute Gasteiger partial charge is 0.161 e. The summed E-state index contributed by atoms with van der Waals surface area (Å²) in [6.07, 6.45) is 5.34. The molecule has 1 fully saturated rings. The first-order chi connectivity index (χ1) is 8.96. The second-order valence-corrected chi connectivity index (χ2v) is 5.90. The molecule has 1 aromatic rings. The van der Waals surface area contributed by atoms with E-state index in [0.717, 1.165) is 17.9 Å². The van der Waals surface area contributed by atoms with Crippen molar-refractivity contribution in [2.45, 2.75) is 24.8 Å². The van der Waals surface area contributed by atoms with Crippen molar-refractivity contribution in [3.05, 3.63) is 17.8 Å². The molecule has 2 N–H and O–H groups in total. The van der Waals surface area contributed by atoms with Crippen molar-refractivity contribution in [3.8, 4) is 0 Å². The summed E-state index contributed by atoms with van der Waals surface area (Å²) in [5.41, 5.74) is 6.78. The Balaban J connectivity index is 2.20. The second kappa shape index (κ2) is 5.38. The van der Waals surface area contributed by atoms with Crippen LogP contribution >= 0.6 is 12.2 Å². The Kier molecular flexibility index (Phi) is 4.01. The summed E-state index contributed by atoms with van der Waals surface area (Å²) in [5, 5.41) is 8.14. The van der Waals surface area contributed by atoms with Gasteiger partial charge in [-0.2, -0.15) is 5.10 Å². The third-order valence-electron chi connectivity index (χ3n) is 4.09. The number of anilines is 1. The molecule has 0 radical (unpaired) electrons. The highest BCUT2D eigenvalue weighted by atomic mass is 32.1. The van der Waals surface area contributed by atoms with Crippen LogP contribution in [0.25, 0.3) is 0 Å². The Hall–Kier alpha value is -1.27. The maximum absolute atomic E-state index is 5.75. The second-order valence-electron chi connectivity index (χ2n) is 5.46. The topological polar surface area (TPSA) is 58.3 Å². The van der Waals surface area contributed by atoms with Crippen molar-refractivity contribution in [2.75, 3.05) is 32.6 Å². The average Bonchev–Trinajstić information content (AvgIpc) is 2.33. The lowest BCUT2D eigenvalue weighted by atomic mass is 9.75. The molecule has 1 aliphatic carbocycles. The van der Waals surface area contributed by atoms with E-state index in [4.69, 9.17) is 18.0 Å². The molecule has 1 aromatic heterocycles. The number of nitrogens with zero attached hydrogens (tertiary/aromatic N) is 4. The maximum Gasteiger partial charge on any atom is 0.161 e. The van der Waals surface area contributed by atoms with E-state index in [-0.39, 0.29) is 5.54 Å². The zero-order chi connectivity index (χ0) is 14.0. The number of hydrogen-bond donors (Lipinski definition) is 1. The molecule has 5 nitrogen and oxygen atoms in total. The highest BCUT2D eigenvalue weighted by Crippen LogP contribution is 2.37. The molecular formula is C13H21N5S. The van der Waals surface area contributed by atoms with E-state index in [0.29, 0.717) is 4.99 Å². The number of nitrogens with two attached hydrogens (primary N) is 1. The lowest BCUT2D eigenvalue weighted by Crippen LogP contribution is -2.57. The summed E-state index contributed by atoms with van der Waals surface area (Å²) in [6.45, 7) is 0.911. The molecule has 0 bridgehead atoms. The van der Waals surface area contributed by atoms with E-state index >= 15 is 0 Å². The minimum atomic E-state index is 0.236. The number of hydrogen-bond acceptors (Lipinski definition) is 5. The number of rotatable bonds is 5. The molecule has 0 spiro atoms. The van der Waals surface area contributed by atoms with Crippen LogP contribution in [-0.2, 0) is 0 Å². The van der Waals surface area contributed by atoms with Crippen molar-refractivity contribution >= 4 is 23.0 Å². The summed E-state index contributed by atoms with van der Waals surface area (Å²) in [7, 11) is 6.30. The monoisotopic (exact) mass is 279 g/mol. The first kappa shape index (κ1) is 14.1. The van der Waals surface area contributed by atoms with Crippen LogP contribution in [0.5, 0.6) is 0 Å². The summed E-state index contributed by atoms with van der Waals surface area (Å²) < 4.78 is 0. The predicted octanol–water partition coefficient (Wildman–Crippen LogP) is 1.03. The van der Waals surface area contributed by atoms with Gasteiger partial charge in [-0.25, -0.2) is 0 Å². The number of aromatic nitrogens is 2. The highest BCUT2D eigenvalue weighted by molar-refractivity contribution is 7.80. The molecule has 0 saturated heterocycles. The summed E-state index contributed by atoms with van der Waals surface area (Å²) in [4.78, 5) is 4.79. The van der Waals surface area contributed by atoms with Gasteiger partial charge < -0.3 is 15.5 Å². The van der Waals surface area contributed by atoms with Gasteiger partial charge in [0.25, 0.3) is 0 Å². The van der Waals surface area contributed by atoms with Gasteiger partial charge in [0.1, 0.15) is 4.99 Å². The van der Waals surface area contributed by atoms with E-state index < -0.39 is 0 Å². The van der Waals surface area contributed by atoms with E-state index in [1.54, 1.807) is 6.20 Å². The molecule has 104 valence electrons. The Bertz CT molecular complexity index is 470. The van der Waals surface area contributed by atoms with Crippen LogP contribution in [0.4, 0.5) is 5.82 Å². The van der Waals surface area contributed by atoms with Crippen LogP contribution in [0.3, 0.4) is 0 Å². The number of thiocarbonyl (C=S) groups is 1. The van der Waals surface area contributed by atoms with Gasteiger partial charge in [-0.05, 0) is 39.4 Å². The molecule has 0 unspecified atom stereocenters. The van der Waals surface area contributed by atoms with Gasteiger partial charge in [0.15, 0.2) is 5.82 Å². The van der Waals surface area contributed by atoms with Gasteiger partial charge >= 0.3 is 0 Å². The molecule has 2 rings (SSSR count). The lowest BCUT2D eigenvalue weighted by molar-refractivity contribution is 0.0681. The van der Waals surface area contributed by atoms with Crippen molar-refractivity contribution in [3.63, 3.8) is 0 Å². The Labute approximate surface area is 119 Å². The zero-order valence-corrected chi connectivity index (χ0v) is 12.6. The highest BCUT2D eigenvalue weighted by Gasteiger charge is 2.40. The summed E-state index contributed by atoms with van der Waals surface area (Å²) >= 11 is 5.08. The summed E-state index contributed by atoms with van der Waals surface area (Å²) in [5.74, 6) is 0.767. The van der Waals surface area contributed by atoms with Crippen LogP contribution in [0.15, 0.2) is 12.3 Å². The maximum atomic E-state index is 5.75. The molecule has 19 heavy (non-hydrogen) atoms. The zero-order valence-electron chi connectivity index (χ0n) is 11.8. The molecule has 1 saturated carbocycles. The van der Waals surface area contributed by atoms with Crippen molar-refractivity contribution in [2.24, 2.45) is 5.73 Å². The normalized spacial score (nSPS) is 17.1. The minimum Gasteiger partial charge on any atom is -0.389 e. The third kappa shape index (κ3) is 2.69. The quantitative estimate of drug-likeness (QED) is 0.813. The van der Waals surface area contributed by atoms with Crippen molar-refractivity contribution in [1.29, 1.82) is 0 Å². The van der Waals surface area contributed by atoms with Gasteiger partial charge in [-0.3, -0.25) is 0 Å². The molecule has 0 aromatic carbocycles. The predicted molar refractivity (Wildman–Crippen MR) is 81.5 cm³/mol. The van der Waals surface area contributed by atoms with Crippen LogP contribution < -0.4 is 10.6 Å². The van der Waals surface area contributed by atoms with E-state index in [9.17, 15) is 0 Å². The fourth-order valence-electron chi connectivity index (χ4n) is 2.65. The first-order valence-electron chi connectivity index (χ1n) is 6.46. The Morgan fingerprint density at radius 3 is 2.58 bits per heavy atom. The fourth-order valence-corrected chi connectivity index (χ4v) is 2.81. The summed E-state index contributed by atoms with van der Waals surface area (Å²) in [6, 6.07) is 1.82. The van der Waals surface area contributed by atoms with Crippen molar-refractivity contribution in [1.82, 2.24) is 15.1 Å². The van der Waals surface area contributed by atoms with Crippen LogP contribution in [0.1, 0.15) is 24.8 Å². The number of likely N-dealkylation sites (N-methyl/N-ethyl adjacent to an activating group) is 2. The van der Waals surface area contributed by atoms with Crippen LogP contribution in [-0.4, -0.2) is 53.3 Å². The standard InChI is InChI=1S/C13H21N5S/c1-17(2)13(6-4-7-13)9-18(3)12-10(11(14)19)5-8-15-16-12/h5,8H,4,6-7,9H2,1-3H3,(H2,14,19). The minimum absolute atomic E-state index is 0.236. The van der Waals surface area contributed by atoms with Gasteiger partial charge in [0, 0.05) is 19.1 Å². The molecule has 1 heterocycles. The van der Waals surface area contributed by atoms with Gasteiger partial charge in [-0.1, -0.05) is 12.2 Å². The van der Waals surface area contributed by atoms with Gasteiger partial charge in [0.05, 0.1) is 11.8 Å². The SMILES string of the molecule is CN(CC1(N(C)C)CCC1)c1nnccc1C(N)=S. The Morgan fingerprint density at radius 2 is 2.11 bits per heavy atom. The molecule has 0 amide bonds. The van der Waals surface area contributed by atoms with E-state index in [2.05, 4.69) is 34.1 Å². The Morgan fingerprint density at radius 1 is 1.42 bits per heavy atom. The molecular weight excluding hydrogens is 258 g/mol. The van der Waals surface area contributed by atoms with E-state index in [1.807, 2.05) is 13.1 Å². The fraction of sp³-hybridized carbons (Fsp3) is 0.615. The van der Waals surface area contributed by atoms with Crippen molar-refractivity contribution < 1.29 is 0 Å². The molecule has 6 heteroatoms. The van der Waals surface area contributed by atoms with E-state index in [1.165, 1.54) is 19.3 Å². The third-order valence-corrected chi connectivity index (χ3v) is 4.31. The first-order valence-corrected chi connectivity index (χ1v) is 6.87. The van der Waals surface area contributed by atoms with Gasteiger partial charge in [-0.15, -0.1) is 5.10 Å². The van der Waals surface area contributed by atoms with Crippen LogP contribution in [0.2, 0.25) is 0 Å². The molecule has 1 aliphatic rings. The largest absolute Gasteiger partial charge is 0.389 e. The van der Waals surface area contributed by atoms with Gasteiger partial charge in [0.2, 0.25) is 0 Å². The lowest BCUT2D eigenvalue weighted by Gasteiger charge is -2.49. The average molecular weight is 279 g/mol. The van der Waals surface area contributed by atoms with Crippen LogP contribution in [0, 0.1) is 0 Å². The molecule has 0 atom stereocenters.